The molecule has 3 aromatic carbocycles. The van der Waals surface area contributed by atoms with Gasteiger partial charge in [0, 0.05) is 17.7 Å². The van der Waals surface area contributed by atoms with Gasteiger partial charge in [-0.15, -0.1) is 0 Å². The minimum Gasteiger partial charge on any atom is -0.440 e. The van der Waals surface area contributed by atoms with Crippen LogP contribution in [0.15, 0.2) is 77.2 Å². The highest BCUT2D eigenvalue weighted by Gasteiger charge is 2.09. The molecule has 0 bridgehead atoms. The molecule has 0 aliphatic carbocycles. The lowest BCUT2D eigenvalue weighted by molar-refractivity contribution is 0.102. The summed E-state index contributed by atoms with van der Waals surface area (Å²) < 4.78 is 5.77. The number of anilines is 1. The molecule has 4 aromatic rings. The van der Waals surface area contributed by atoms with Crippen LogP contribution in [0.4, 0.5) is 5.69 Å². The second kappa shape index (κ2) is 7.69. The van der Waals surface area contributed by atoms with Gasteiger partial charge in [-0.1, -0.05) is 50.2 Å². The van der Waals surface area contributed by atoms with Crippen molar-refractivity contribution in [2.45, 2.75) is 26.2 Å². The Morgan fingerprint density at radius 2 is 1.68 bits per heavy atom. The van der Waals surface area contributed by atoms with Crippen LogP contribution < -0.4 is 5.32 Å². The van der Waals surface area contributed by atoms with E-state index in [1.54, 1.807) is 0 Å². The quantitative estimate of drug-likeness (QED) is 0.483. The maximum absolute atomic E-state index is 12.4. The average molecular weight is 370 g/mol. The number of rotatable bonds is 5. The van der Waals surface area contributed by atoms with Crippen LogP contribution in [0.1, 0.15) is 47.1 Å². The molecule has 1 aromatic heterocycles. The predicted molar refractivity (Wildman–Crippen MR) is 112 cm³/mol. The fraction of sp³-hybridized carbons (Fsp3) is 0.167. The SMILES string of the molecule is CC(C)c1ccc(C(=O)Nc2ccc(Cc3nc4ccccc4o3)cc2)cc1. The highest BCUT2D eigenvalue weighted by Crippen LogP contribution is 2.19. The van der Waals surface area contributed by atoms with Gasteiger partial charge in [0.2, 0.25) is 0 Å². The minimum absolute atomic E-state index is 0.109. The summed E-state index contributed by atoms with van der Waals surface area (Å²) in [5.74, 6) is 1.02. The monoisotopic (exact) mass is 370 g/mol. The van der Waals surface area contributed by atoms with Crippen molar-refractivity contribution >= 4 is 22.7 Å². The average Bonchev–Trinajstić information content (AvgIpc) is 3.12. The fourth-order valence-electron chi connectivity index (χ4n) is 3.10. The van der Waals surface area contributed by atoms with E-state index < -0.39 is 0 Å². The minimum atomic E-state index is -0.109. The van der Waals surface area contributed by atoms with Crippen molar-refractivity contribution in [2.24, 2.45) is 0 Å². The molecular formula is C24H22N2O2. The van der Waals surface area contributed by atoms with Crippen molar-refractivity contribution in [2.75, 3.05) is 5.32 Å². The van der Waals surface area contributed by atoms with E-state index in [1.165, 1.54) is 5.56 Å². The third kappa shape index (κ3) is 3.96. The highest BCUT2D eigenvalue weighted by molar-refractivity contribution is 6.04. The molecular weight excluding hydrogens is 348 g/mol. The molecule has 0 fully saturated rings. The molecule has 0 radical (unpaired) electrons. The Labute approximate surface area is 164 Å². The largest absolute Gasteiger partial charge is 0.440 e. The van der Waals surface area contributed by atoms with E-state index in [2.05, 4.69) is 24.1 Å². The van der Waals surface area contributed by atoms with Crippen LogP contribution in [0, 0.1) is 0 Å². The van der Waals surface area contributed by atoms with Gasteiger partial charge in [-0.25, -0.2) is 4.98 Å². The number of aromatic nitrogens is 1. The molecule has 0 aliphatic heterocycles. The van der Waals surface area contributed by atoms with Crippen molar-refractivity contribution in [3.63, 3.8) is 0 Å². The number of oxazole rings is 1. The van der Waals surface area contributed by atoms with Gasteiger partial charge < -0.3 is 9.73 Å². The zero-order chi connectivity index (χ0) is 19.5. The summed E-state index contributed by atoms with van der Waals surface area (Å²) in [5, 5.41) is 2.94. The summed E-state index contributed by atoms with van der Waals surface area (Å²) in [6.07, 6.45) is 0.611. The summed E-state index contributed by atoms with van der Waals surface area (Å²) in [5.41, 5.74) is 5.37. The molecule has 1 N–H and O–H groups in total. The molecule has 28 heavy (non-hydrogen) atoms. The number of benzene rings is 3. The first-order valence-corrected chi connectivity index (χ1v) is 9.43. The van der Waals surface area contributed by atoms with Gasteiger partial charge >= 0.3 is 0 Å². The van der Waals surface area contributed by atoms with Crippen molar-refractivity contribution in [3.05, 3.63) is 95.4 Å². The molecule has 0 saturated heterocycles. The molecule has 0 unspecified atom stereocenters. The van der Waals surface area contributed by atoms with Crippen LogP contribution in [0.5, 0.6) is 0 Å². The van der Waals surface area contributed by atoms with E-state index >= 15 is 0 Å². The lowest BCUT2D eigenvalue weighted by Crippen LogP contribution is -2.11. The number of hydrogen-bond acceptors (Lipinski definition) is 3. The predicted octanol–water partition coefficient (Wildman–Crippen LogP) is 5.79. The highest BCUT2D eigenvalue weighted by atomic mass is 16.3. The van der Waals surface area contributed by atoms with Crippen molar-refractivity contribution in [3.8, 4) is 0 Å². The van der Waals surface area contributed by atoms with E-state index in [1.807, 2.05) is 72.8 Å². The van der Waals surface area contributed by atoms with Gasteiger partial charge in [-0.2, -0.15) is 0 Å². The van der Waals surface area contributed by atoms with Crippen LogP contribution in [-0.4, -0.2) is 10.9 Å². The van der Waals surface area contributed by atoms with Crippen LogP contribution in [0.3, 0.4) is 0 Å². The van der Waals surface area contributed by atoms with Crippen molar-refractivity contribution in [1.82, 2.24) is 4.98 Å². The Balaban J connectivity index is 1.41. The molecule has 1 amide bonds. The van der Waals surface area contributed by atoms with Crippen LogP contribution in [-0.2, 0) is 6.42 Å². The summed E-state index contributed by atoms with van der Waals surface area (Å²) in [4.78, 5) is 16.9. The molecule has 0 atom stereocenters. The Morgan fingerprint density at radius 1 is 0.964 bits per heavy atom. The van der Waals surface area contributed by atoms with E-state index in [9.17, 15) is 4.79 Å². The van der Waals surface area contributed by atoms with Gasteiger partial charge in [0.25, 0.3) is 5.91 Å². The second-order valence-corrected chi connectivity index (χ2v) is 7.18. The third-order valence-electron chi connectivity index (χ3n) is 4.74. The van der Waals surface area contributed by atoms with Crippen molar-refractivity contribution < 1.29 is 9.21 Å². The molecule has 4 nitrogen and oxygen atoms in total. The van der Waals surface area contributed by atoms with Gasteiger partial charge in [0.1, 0.15) is 5.52 Å². The lowest BCUT2D eigenvalue weighted by Gasteiger charge is -2.08. The number of carbonyl (C=O) groups is 1. The number of para-hydroxylation sites is 2. The smallest absolute Gasteiger partial charge is 0.255 e. The number of nitrogens with zero attached hydrogens (tertiary/aromatic N) is 1. The van der Waals surface area contributed by atoms with E-state index in [4.69, 9.17) is 4.42 Å². The first-order chi connectivity index (χ1) is 13.6. The molecule has 0 saturated carbocycles. The van der Waals surface area contributed by atoms with E-state index in [-0.39, 0.29) is 5.91 Å². The summed E-state index contributed by atoms with van der Waals surface area (Å²) in [7, 11) is 0. The normalized spacial score (nSPS) is 11.1. The second-order valence-electron chi connectivity index (χ2n) is 7.18. The molecule has 0 aliphatic rings. The zero-order valence-electron chi connectivity index (χ0n) is 16.0. The van der Waals surface area contributed by atoms with Gasteiger partial charge in [-0.3, -0.25) is 4.79 Å². The van der Waals surface area contributed by atoms with Gasteiger partial charge in [0.05, 0.1) is 0 Å². The zero-order valence-corrected chi connectivity index (χ0v) is 16.0. The number of fused-ring (bicyclic) bond motifs is 1. The maximum Gasteiger partial charge on any atom is 0.255 e. The fourth-order valence-corrected chi connectivity index (χ4v) is 3.10. The molecule has 140 valence electrons. The van der Waals surface area contributed by atoms with Gasteiger partial charge in [-0.05, 0) is 53.4 Å². The number of nitrogens with one attached hydrogen (secondary N) is 1. The number of carbonyl (C=O) groups excluding carboxylic acids is 1. The lowest BCUT2D eigenvalue weighted by atomic mass is 10.0. The van der Waals surface area contributed by atoms with Crippen molar-refractivity contribution in [1.29, 1.82) is 0 Å². The first-order valence-electron chi connectivity index (χ1n) is 9.43. The third-order valence-corrected chi connectivity index (χ3v) is 4.74. The Morgan fingerprint density at radius 3 is 2.36 bits per heavy atom. The topological polar surface area (TPSA) is 55.1 Å². The number of hydrogen-bond donors (Lipinski definition) is 1. The summed E-state index contributed by atoms with van der Waals surface area (Å²) in [6, 6.07) is 23.2. The molecule has 0 spiro atoms. The Kier molecular flexibility index (Phi) is 4.94. The van der Waals surface area contributed by atoms with Crippen LogP contribution in [0.25, 0.3) is 11.1 Å². The molecule has 4 heteroatoms. The van der Waals surface area contributed by atoms with Crippen LogP contribution >= 0.6 is 0 Å². The first kappa shape index (κ1) is 18.0. The maximum atomic E-state index is 12.4. The summed E-state index contributed by atoms with van der Waals surface area (Å²) >= 11 is 0. The van der Waals surface area contributed by atoms with Gasteiger partial charge in [0.15, 0.2) is 11.5 Å². The number of amides is 1. The van der Waals surface area contributed by atoms with E-state index in [0.717, 1.165) is 22.4 Å². The van der Waals surface area contributed by atoms with E-state index in [0.29, 0.717) is 23.8 Å². The standard InChI is InChI=1S/C24H22N2O2/c1-16(2)18-9-11-19(12-10-18)24(27)25-20-13-7-17(8-14-20)15-23-26-21-5-3-4-6-22(21)28-23/h3-14,16H,15H2,1-2H3,(H,25,27). The summed E-state index contributed by atoms with van der Waals surface area (Å²) in [6.45, 7) is 4.27. The Bertz CT molecular complexity index is 1060. The van der Waals surface area contributed by atoms with Crippen LogP contribution in [0.2, 0.25) is 0 Å². The molecule has 1 heterocycles. The molecule has 4 rings (SSSR count). The Hall–Kier alpha value is -3.40.